The van der Waals surface area contributed by atoms with Crippen molar-refractivity contribution < 1.29 is 14.1 Å². The van der Waals surface area contributed by atoms with E-state index in [4.69, 9.17) is 12.2 Å². The summed E-state index contributed by atoms with van der Waals surface area (Å²) in [5.74, 6) is -0.394. The van der Waals surface area contributed by atoms with Gasteiger partial charge in [-0.05, 0) is 74.4 Å². The molecule has 0 spiro atoms. The fourth-order valence-electron chi connectivity index (χ4n) is 3.06. The minimum absolute atomic E-state index is 0.0301. The van der Waals surface area contributed by atoms with Gasteiger partial charge in [-0.25, -0.2) is 4.39 Å². The molecule has 0 aliphatic heterocycles. The molecule has 0 amide bonds. The Morgan fingerprint density at radius 3 is 2.21 bits per heavy atom. The number of halogens is 1. The topological polar surface area (TPSA) is 36.1 Å². The summed E-state index contributed by atoms with van der Waals surface area (Å²) >= 11 is 5.65. The minimum Gasteiger partial charge on any atom is -0.502 e. The quantitative estimate of drug-likeness (QED) is 0.271. The maximum atomic E-state index is 13.3. The largest absolute Gasteiger partial charge is 0.502 e. The van der Waals surface area contributed by atoms with Crippen molar-refractivity contribution in [1.82, 2.24) is 0 Å². The SMILES string of the molecule is Cc1cc(C)cc(NC(=S)/C(=C(\O)c2ccc(F)cc2)[n+]2cccc(C)c2)c1. The summed E-state index contributed by atoms with van der Waals surface area (Å²) in [5, 5.41) is 14.2. The van der Waals surface area contributed by atoms with Crippen LogP contribution in [0.4, 0.5) is 10.1 Å². The third kappa shape index (κ3) is 4.61. The highest BCUT2D eigenvalue weighted by Crippen LogP contribution is 2.21. The number of benzene rings is 2. The van der Waals surface area contributed by atoms with Gasteiger partial charge in [-0.2, -0.15) is 4.57 Å². The lowest BCUT2D eigenvalue weighted by atomic mass is 10.1. The van der Waals surface area contributed by atoms with Gasteiger partial charge in [0.2, 0.25) is 0 Å². The number of nitrogens with one attached hydrogen (secondary N) is 1. The summed E-state index contributed by atoms with van der Waals surface area (Å²) in [5.41, 5.74) is 4.99. The predicted octanol–water partition coefficient (Wildman–Crippen LogP) is 5.36. The van der Waals surface area contributed by atoms with Gasteiger partial charge in [-0.1, -0.05) is 18.3 Å². The van der Waals surface area contributed by atoms with Gasteiger partial charge in [-0.15, -0.1) is 0 Å². The van der Waals surface area contributed by atoms with Crippen LogP contribution in [0.2, 0.25) is 0 Å². The van der Waals surface area contributed by atoms with Crippen LogP contribution in [-0.2, 0) is 0 Å². The molecule has 0 saturated heterocycles. The number of nitrogens with zero attached hydrogens (tertiary/aromatic N) is 1. The summed E-state index contributed by atoms with van der Waals surface area (Å²) in [6.07, 6.45) is 3.70. The first kappa shape index (κ1) is 19.7. The number of hydrogen-bond donors (Lipinski definition) is 2. The molecule has 0 atom stereocenters. The summed E-state index contributed by atoms with van der Waals surface area (Å²) < 4.78 is 15.1. The molecule has 5 heteroatoms. The molecule has 0 radical (unpaired) electrons. The second-order valence-corrected chi connectivity index (χ2v) is 7.23. The van der Waals surface area contributed by atoms with E-state index in [2.05, 4.69) is 11.4 Å². The molecule has 142 valence electrons. The van der Waals surface area contributed by atoms with Gasteiger partial charge in [0.15, 0.2) is 23.1 Å². The fourth-order valence-corrected chi connectivity index (χ4v) is 3.38. The van der Waals surface area contributed by atoms with Gasteiger partial charge in [0.25, 0.3) is 5.70 Å². The van der Waals surface area contributed by atoms with Gasteiger partial charge in [0.1, 0.15) is 5.82 Å². The Kier molecular flexibility index (Phi) is 5.85. The first-order chi connectivity index (χ1) is 13.3. The monoisotopic (exact) mass is 393 g/mol. The van der Waals surface area contributed by atoms with Crippen LogP contribution in [0.5, 0.6) is 0 Å². The van der Waals surface area contributed by atoms with Crippen LogP contribution in [0.3, 0.4) is 0 Å². The van der Waals surface area contributed by atoms with E-state index in [-0.39, 0.29) is 11.6 Å². The van der Waals surface area contributed by atoms with E-state index in [1.807, 2.05) is 57.4 Å². The van der Waals surface area contributed by atoms with Gasteiger partial charge in [0, 0.05) is 22.9 Å². The maximum absolute atomic E-state index is 13.3. The highest BCUT2D eigenvalue weighted by atomic mass is 32.1. The van der Waals surface area contributed by atoms with Crippen LogP contribution in [0.25, 0.3) is 11.5 Å². The van der Waals surface area contributed by atoms with E-state index < -0.39 is 0 Å². The highest BCUT2D eigenvalue weighted by Gasteiger charge is 2.24. The molecule has 0 aliphatic carbocycles. The van der Waals surface area contributed by atoms with Crippen LogP contribution in [-0.4, -0.2) is 10.1 Å². The molecule has 3 rings (SSSR count). The molecule has 2 aromatic carbocycles. The van der Waals surface area contributed by atoms with Crippen molar-refractivity contribution >= 4 is 34.3 Å². The third-order valence-corrected chi connectivity index (χ3v) is 4.54. The Balaban J connectivity index is 2.09. The summed E-state index contributed by atoms with van der Waals surface area (Å²) in [6, 6.07) is 15.6. The van der Waals surface area contributed by atoms with Crippen LogP contribution in [0, 0.1) is 26.6 Å². The summed E-state index contributed by atoms with van der Waals surface area (Å²) in [6.45, 7) is 6.00. The molecule has 1 aromatic heterocycles. The highest BCUT2D eigenvalue weighted by molar-refractivity contribution is 7.81. The zero-order valence-corrected chi connectivity index (χ0v) is 16.8. The lowest BCUT2D eigenvalue weighted by Gasteiger charge is -2.12. The normalized spacial score (nSPS) is 11.7. The average molecular weight is 394 g/mol. The van der Waals surface area contributed by atoms with Crippen LogP contribution < -0.4 is 9.88 Å². The lowest BCUT2D eigenvalue weighted by molar-refractivity contribution is -0.576. The summed E-state index contributed by atoms with van der Waals surface area (Å²) in [7, 11) is 0. The Labute approximate surface area is 169 Å². The zero-order valence-electron chi connectivity index (χ0n) is 16.0. The molecular formula is C23H22FN2OS+. The Hall–Kier alpha value is -3.05. The smallest absolute Gasteiger partial charge is 0.288 e. The van der Waals surface area contributed by atoms with E-state index in [9.17, 15) is 9.50 Å². The van der Waals surface area contributed by atoms with Crippen LogP contribution >= 0.6 is 12.2 Å². The van der Waals surface area contributed by atoms with Gasteiger partial charge in [0.05, 0.1) is 0 Å². The molecule has 3 aromatic rings. The molecule has 0 bridgehead atoms. The number of anilines is 1. The number of thiocarbonyl (C=S) groups is 1. The van der Waals surface area contributed by atoms with Crippen molar-refractivity contribution in [2.45, 2.75) is 20.8 Å². The molecule has 2 N–H and O–H groups in total. The van der Waals surface area contributed by atoms with E-state index in [1.54, 1.807) is 4.57 Å². The standard InChI is InChI=1S/C23H21FN2OS/c1-15-5-4-10-26(14-15)21(22(27)18-6-8-19(24)9-7-18)23(28)25-20-12-16(2)11-17(3)13-20/h4-14H,1-3H3,(H-,25,27,28)/p+1. The lowest BCUT2D eigenvalue weighted by Crippen LogP contribution is -2.38. The number of aryl methyl sites for hydroxylation is 3. The predicted molar refractivity (Wildman–Crippen MR) is 116 cm³/mol. The molecule has 0 unspecified atom stereocenters. The Morgan fingerprint density at radius 2 is 1.61 bits per heavy atom. The van der Waals surface area contributed by atoms with Crippen molar-refractivity contribution in [3.63, 3.8) is 0 Å². The van der Waals surface area contributed by atoms with Crippen molar-refractivity contribution in [2.75, 3.05) is 5.32 Å². The Bertz CT molecular complexity index is 1040. The number of pyridine rings is 1. The van der Waals surface area contributed by atoms with Crippen molar-refractivity contribution in [2.24, 2.45) is 0 Å². The van der Waals surface area contributed by atoms with Gasteiger partial charge >= 0.3 is 0 Å². The third-order valence-electron chi connectivity index (χ3n) is 4.24. The Morgan fingerprint density at radius 1 is 0.964 bits per heavy atom. The molecule has 1 heterocycles. The van der Waals surface area contributed by atoms with Crippen LogP contribution in [0.1, 0.15) is 22.3 Å². The average Bonchev–Trinajstić information content (AvgIpc) is 2.61. The summed E-state index contributed by atoms with van der Waals surface area (Å²) in [4.78, 5) is 0.363. The van der Waals surface area contributed by atoms with Crippen LogP contribution in [0.15, 0.2) is 67.0 Å². The molecule has 3 nitrogen and oxygen atoms in total. The second kappa shape index (κ2) is 8.31. The fraction of sp³-hybridized carbons (Fsp3) is 0.130. The second-order valence-electron chi connectivity index (χ2n) is 6.82. The maximum Gasteiger partial charge on any atom is 0.288 e. The van der Waals surface area contributed by atoms with Crippen molar-refractivity contribution in [1.29, 1.82) is 0 Å². The van der Waals surface area contributed by atoms with Crippen molar-refractivity contribution in [3.05, 3.63) is 95.1 Å². The molecule has 0 aliphatic rings. The van der Waals surface area contributed by atoms with E-state index in [0.717, 1.165) is 22.4 Å². The van der Waals surface area contributed by atoms with E-state index in [1.165, 1.54) is 24.3 Å². The number of rotatable bonds is 4. The number of aliphatic hydroxyl groups excluding tert-OH is 1. The first-order valence-electron chi connectivity index (χ1n) is 8.90. The molecule has 0 fully saturated rings. The molecular weight excluding hydrogens is 371 g/mol. The van der Waals surface area contributed by atoms with Gasteiger partial charge < -0.3 is 10.4 Å². The number of hydrogen-bond acceptors (Lipinski definition) is 2. The molecule has 28 heavy (non-hydrogen) atoms. The molecule has 0 saturated carbocycles. The zero-order chi connectivity index (χ0) is 20.3. The number of aromatic nitrogens is 1. The first-order valence-corrected chi connectivity index (χ1v) is 9.31. The van der Waals surface area contributed by atoms with E-state index >= 15 is 0 Å². The van der Waals surface area contributed by atoms with Crippen molar-refractivity contribution in [3.8, 4) is 0 Å². The number of aliphatic hydroxyl groups is 1. The minimum atomic E-state index is -0.364. The van der Waals surface area contributed by atoms with Gasteiger partial charge in [-0.3, -0.25) is 0 Å². The van der Waals surface area contributed by atoms with E-state index in [0.29, 0.717) is 16.2 Å².